The third-order valence-corrected chi connectivity index (χ3v) is 13.9. The first kappa shape index (κ1) is 34.8. The molecule has 53 heavy (non-hydrogen) atoms. The standard InChI is InChI=1S/C41H43N4O7P/c1-4-15-53(48,16-13-51-38-22-32-30(20-36(38)49-2)40(46)44-28(24-42-32)18-26-9-5-7-11-34(26)44)17-14-52-39-23-33-31(21-37(39)50-3)41(47)45-29(25-43-33)19-27-10-6-8-12-35(27)45/h5-12,20-24,28-29,43H,4,13-19,25H2,1-3H3/t28-,29-,53?/m0/s1. The van der Waals surface area contributed by atoms with Crippen molar-refractivity contribution in [3.63, 3.8) is 0 Å². The molecule has 3 atom stereocenters. The third-order valence-electron chi connectivity index (χ3n) is 10.6. The molecule has 0 saturated carbocycles. The monoisotopic (exact) mass is 734 g/mol. The number of ether oxygens (including phenoxy) is 4. The minimum atomic E-state index is -2.71. The summed E-state index contributed by atoms with van der Waals surface area (Å²) in [6.45, 7) is 3.03. The predicted molar refractivity (Wildman–Crippen MR) is 208 cm³/mol. The van der Waals surface area contributed by atoms with Gasteiger partial charge in [-0.25, -0.2) is 0 Å². The molecular formula is C41H43N4O7P. The Balaban J connectivity index is 0.933. The molecule has 4 aliphatic heterocycles. The number of rotatable bonds is 12. The van der Waals surface area contributed by atoms with Gasteiger partial charge in [-0.2, -0.15) is 0 Å². The van der Waals surface area contributed by atoms with Crippen molar-refractivity contribution in [2.24, 2.45) is 4.99 Å². The Labute approximate surface area is 309 Å². The molecule has 4 aromatic rings. The Bertz CT molecular complexity index is 2170. The second kappa shape index (κ2) is 14.3. The molecule has 11 nitrogen and oxygen atoms in total. The number of carbonyl (C=O) groups excluding carboxylic acids is 2. The number of nitrogens with zero attached hydrogens (tertiary/aromatic N) is 3. The molecule has 4 heterocycles. The van der Waals surface area contributed by atoms with Crippen LogP contribution in [0.15, 0.2) is 77.8 Å². The highest BCUT2D eigenvalue weighted by Gasteiger charge is 2.39. The summed E-state index contributed by atoms with van der Waals surface area (Å²) in [7, 11) is 0.384. The zero-order valence-corrected chi connectivity index (χ0v) is 31.1. The number of methoxy groups -OCH3 is 2. The maximum atomic E-state index is 14.2. The van der Waals surface area contributed by atoms with Crippen molar-refractivity contribution in [2.75, 3.05) is 67.6 Å². The van der Waals surface area contributed by atoms with E-state index in [1.807, 2.05) is 66.6 Å². The van der Waals surface area contributed by atoms with E-state index in [1.54, 1.807) is 30.2 Å². The Morgan fingerprint density at radius 3 is 2.04 bits per heavy atom. The van der Waals surface area contributed by atoms with Gasteiger partial charge in [-0.05, 0) is 48.2 Å². The molecule has 0 saturated heterocycles. The number of aliphatic imine (C=N–C) groups is 1. The van der Waals surface area contributed by atoms with Crippen molar-refractivity contribution in [3.05, 3.63) is 95.1 Å². The fourth-order valence-electron chi connectivity index (χ4n) is 7.99. The highest BCUT2D eigenvalue weighted by atomic mass is 31.2. The normalized spacial score (nSPS) is 19.0. The van der Waals surface area contributed by atoms with Gasteiger partial charge in [0.25, 0.3) is 11.8 Å². The fourth-order valence-corrected chi connectivity index (χ4v) is 10.3. The molecule has 0 aromatic heterocycles. The number of fused-ring (bicyclic) bond motifs is 8. The van der Waals surface area contributed by atoms with E-state index in [9.17, 15) is 14.2 Å². The van der Waals surface area contributed by atoms with Gasteiger partial charge in [-0.15, -0.1) is 0 Å². The quantitative estimate of drug-likeness (QED) is 0.152. The topological polar surface area (TPSA) is 119 Å². The van der Waals surface area contributed by atoms with Gasteiger partial charge in [0, 0.05) is 61.2 Å². The number of para-hydroxylation sites is 2. The van der Waals surface area contributed by atoms with Gasteiger partial charge >= 0.3 is 0 Å². The Hall–Kier alpha value is -5.28. The van der Waals surface area contributed by atoms with Crippen molar-refractivity contribution in [1.82, 2.24) is 0 Å². The van der Waals surface area contributed by atoms with E-state index in [0.717, 1.165) is 29.8 Å². The molecule has 274 valence electrons. The predicted octanol–water partition coefficient (Wildman–Crippen LogP) is 7.22. The number of anilines is 3. The molecule has 1 N–H and O–H groups in total. The van der Waals surface area contributed by atoms with Crippen LogP contribution < -0.4 is 34.1 Å². The van der Waals surface area contributed by atoms with E-state index in [2.05, 4.69) is 11.4 Å². The average Bonchev–Trinajstić information content (AvgIpc) is 3.66. The molecule has 8 rings (SSSR count). The van der Waals surface area contributed by atoms with Crippen LogP contribution in [0.2, 0.25) is 0 Å². The van der Waals surface area contributed by atoms with Gasteiger partial charge in [-0.3, -0.25) is 19.5 Å². The smallest absolute Gasteiger partial charge is 0.261 e. The first-order valence-corrected chi connectivity index (χ1v) is 20.4. The zero-order valence-electron chi connectivity index (χ0n) is 30.2. The van der Waals surface area contributed by atoms with Crippen LogP contribution in [-0.4, -0.2) is 82.6 Å². The minimum Gasteiger partial charge on any atom is -0.493 e. The Morgan fingerprint density at radius 1 is 0.755 bits per heavy atom. The lowest BCUT2D eigenvalue weighted by Crippen LogP contribution is -2.39. The van der Waals surface area contributed by atoms with E-state index in [4.69, 9.17) is 23.9 Å². The second-order valence-electron chi connectivity index (χ2n) is 13.9. The Morgan fingerprint density at radius 2 is 1.36 bits per heavy atom. The lowest BCUT2D eigenvalue weighted by atomic mass is 10.1. The highest BCUT2D eigenvalue weighted by molar-refractivity contribution is 7.63. The maximum absolute atomic E-state index is 14.2. The summed E-state index contributed by atoms with van der Waals surface area (Å²) in [6, 6.07) is 22.8. The number of benzene rings is 4. The largest absolute Gasteiger partial charge is 0.493 e. The average molecular weight is 735 g/mol. The van der Waals surface area contributed by atoms with Crippen LogP contribution >= 0.6 is 7.14 Å². The summed E-state index contributed by atoms with van der Waals surface area (Å²) in [5.74, 6) is 1.58. The molecule has 2 amide bonds. The van der Waals surface area contributed by atoms with Crippen LogP contribution in [0.4, 0.5) is 22.7 Å². The van der Waals surface area contributed by atoms with Gasteiger partial charge in [0.2, 0.25) is 0 Å². The number of hydrogen-bond donors (Lipinski definition) is 1. The van der Waals surface area contributed by atoms with E-state index in [1.165, 1.54) is 12.7 Å². The summed E-state index contributed by atoms with van der Waals surface area (Å²) in [6.07, 6.45) is 5.32. The molecule has 4 aromatic carbocycles. The van der Waals surface area contributed by atoms with Crippen molar-refractivity contribution >= 4 is 47.9 Å². The second-order valence-corrected chi connectivity index (χ2v) is 17.3. The fraction of sp³-hybridized carbons (Fsp3) is 0.341. The van der Waals surface area contributed by atoms with E-state index in [0.29, 0.717) is 77.0 Å². The molecule has 1 unspecified atom stereocenters. The number of hydrogen-bond acceptors (Lipinski definition) is 9. The van der Waals surface area contributed by atoms with E-state index >= 15 is 0 Å². The van der Waals surface area contributed by atoms with Crippen LogP contribution in [0, 0.1) is 0 Å². The lowest BCUT2D eigenvalue weighted by molar-refractivity contribution is 0.0977. The zero-order chi connectivity index (χ0) is 36.7. The van der Waals surface area contributed by atoms with Crippen LogP contribution in [0.25, 0.3) is 0 Å². The van der Waals surface area contributed by atoms with Crippen molar-refractivity contribution in [1.29, 1.82) is 0 Å². The van der Waals surface area contributed by atoms with Crippen molar-refractivity contribution < 1.29 is 33.1 Å². The van der Waals surface area contributed by atoms with Crippen molar-refractivity contribution in [3.8, 4) is 23.0 Å². The molecule has 0 spiro atoms. The molecule has 0 radical (unpaired) electrons. The summed E-state index contributed by atoms with van der Waals surface area (Å²) in [4.78, 5) is 36.0. The summed E-state index contributed by atoms with van der Waals surface area (Å²) >= 11 is 0. The molecule has 4 aliphatic rings. The highest BCUT2D eigenvalue weighted by Crippen LogP contribution is 2.47. The Kier molecular flexibility index (Phi) is 9.37. The molecular weight excluding hydrogens is 691 g/mol. The first-order chi connectivity index (χ1) is 25.8. The lowest BCUT2D eigenvalue weighted by Gasteiger charge is -2.23. The van der Waals surface area contributed by atoms with Crippen LogP contribution in [0.5, 0.6) is 23.0 Å². The molecule has 0 bridgehead atoms. The maximum Gasteiger partial charge on any atom is 0.261 e. The van der Waals surface area contributed by atoms with Gasteiger partial charge in [0.1, 0.15) is 0 Å². The van der Waals surface area contributed by atoms with Crippen LogP contribution in [0.3, 0.4) is 0 Å². The summed E-state index contributed by atoms with van der Waals surface area (Å²) in [5.41, 5.74) is 6.30. The third kappa shape index (κ3) is 6.41. The van der Waals surface area contributed by atoms with Crippen LogP contribution in [-0.2, 0) is 17.4 Å². The SMILES string of the molecule is CCCP(=O)(CCOc1cc2c(cc1OC)C(=O)N1c3ccccc3C[C@H]1C=N2)CCOc1cc2c(cc1OC)C(=O)N1c3ccccc3C[C@H]1CN2. The van der Waals surface area contributed by atoms with E-state index in [-0.39, 0.29) is 37.1 Å². The molecule has 0 aliphatic carbocycles. The van der Waals surface area contributed by atoms with Gasteiger partial charge < -0.3 is 33.7 Å². The minimum absolute atomic E-state index is 0.0154. The van der Waals surface area contributed by atoms with E-state index < -0.39 is 7.14 Å². The summed E-state index contributed by atoms with van der Waals surface area (Å²) in [5, 5.41) is 3.46. The number of nitrogens with one attached hydrogen (secondary N) is 1. The van der Waals surface area contributed by atoms with Gasteiger partial charge in [0.05, 0.1) is 69.2 Å². The van der Waals surface area contributed by atoms with Crippen LogP contribution in [0.1, 0.15) is 45.2 Å². The number of amides is 2. The van der Waals surface area contributed by atoms with Gasteiger partial charge in [-0.1, -0.05) is 43.3 Å². The molecule has 12 heteroatoms. The first-order valence-electron chi connectivity index (χ1n) is 18.2. The molecule has 0 fully saturated rings. The summed E-state index contributed by atoms with van der Waals surface area (Å²) < 4.78 is 38.0. The number of carbonyl (C=O) groups is 2. The van der Waals surface area contributed by atoms with Gasteiger partial charge in [0.15, 0.2) is 23.0 Å². The van der Waals surface area contributed by atoms with Crippen molar-refractivity contribution in [2.45, 2.75) is 38.3 Å².